The van der Waals surface area contributed by atoms with Crippen LogP contribution in [-0.4, -0.2) is 18.0 Å². The summed E-state index contributed by atoms with van der Waals surface area (Å²) in [7, 11) is 0. The molecule has 2 aromatic rings. The topological polar surface area (TPSA) is 3.24 Å². The smallest absolute Gasteiger partial charge is 0.117 e. The van der Waals surface area contributed by atoms with E-state index in [4.69, 9.17) is 0 Å². The van der Waals surface area contributed by atoms with E-state index in [0.29, 0.717) is 6.54 Å². The van der Waals surface area contributed by atoms with Crippen molar-refractivity contribution in [1.82, 2.24) is 4.90 Å². The minimum Gasteiger partial charge on any atom is -0.292 e. The fourth-order valence-electron chi connectivity index (χ4n) is 2.70. The Balaban J connectivity index is 1.63. The molecule has 0 aromatic heterocycles. The van der Waals surface area contributed by atoms with Crippen LogP contribution in [0.3, 0.4) is 0 Å². The van der Waals surface area contributed by atoms with Gasteiger partial charge in [0.2, 0.25) is 0 Å². The van der Waals surface area contributed by atoms with Crippen LogP contribution in [0.4, 0.5) is 4.39 Å². The molecule has 0 aliphatic carbocycles. The normalized spacial score (nSPS) is 16.4. The first kappa shape index (κ1) is 14.7. The zero-order valence-corrected chi connectivity index (χ0v) is 12.6. The summed E-state index contributed by atoms with van der Waals surface area (Å²) in [6.07, 6.45) is 4.67. The lowest BCUT2D eigenvalue weighted by atomic mass is 10.0. The number of nitrogens with zero attached hydrogens (tertiary/aromatic N) is 1. The van der Waals surface area contributed by atoms with E-state index >= 15 is 0 Å². The number of benzene rings is 2. The Bertz CT molecular complexity index is 659. The van der Waals surface area contributed by atoms with E-state index in [2.05, 4.69) is 17.0 Å². The second-order valence-electron chi connectivity index (χ2n) is 5.62. The molecule has 1 aliphatic heterocycles. The van der Waals surface area contributed by atoms with Crippen LogP contribution in [0.5, 0.6) is 0 Å². The number of hydrogen-bond donors (Lipinski definition) is 0. The van der Waals surface area contributed by atoms with Gasteiger partial charge in [0.1, 0.15) is 5.83 Å². The highest BCUT2D eigenvalue weighted by atomic mass is 19.1. The van der Waals surface area contributed by atoms with E-state index in [9.17, 15) is 4.39 Å². The van der Waals surface area contributed by atoms with E-state index in [-0.39, 0.29) is 5.83 Å². The van der Waals surface area contributed by atoms with Crippen LogP contribution in [0.1, 0.15) is 17.5 Å². The van der Waals surface area contributed by atoms with Crippen molar-refractivity contribution in [1.29, 1.82) is 0 Å². The van der Waals surface area contributed by atoms with Crippen LogP contribution >= 0.6 is 0 Å². The molecule has 3 rings (SSSR count). The molecule has 0 saturated carbocycles. The Morgan fingerprint density at radius 2 is 1.59 bits per heavy atom. The Morgan fingerprint density at radius 1 is 0.909 bits per heavy atom. The summed E-state index contributed by atoms with van der Waals surface area (Å²) in [5, 5.41) is 0. The van der Waals surface area contributed by atoms with Gasteiger partial charge < -0.3 is 0 Å². The second-order valence-corrected chi connectivity index (χ2v) is 5.62. The summed E-state index contributed by atoms with van der Waals surface area (Å²) in [5.74, 6) is -0.00522. The number of halogens is 1. The van der Waals surface area contributed by atoms with Crippen LogP contribution in [0.15, 0.2) is 78.1 Å². The predicted octanol–water partition coefficient (Wildman–Crippen LogP) is 4.83. The van der Waals surface area contributed by atoms with E-state index in [1.54, 1.807) is 0 Å². The van der Waals surface area contributed by atoms with Crippen molar-refractivity contribution < 1.29 is 4.39 Å². The SMILES string of the molecule is FC1=C(C=Cc2ccccc2)CCN(Cc2ccccc2)C1. The molecule has 0 radical (unpaired) electrons. The number of allylic oxidation sites excluding steroid dienone is 1. The summed E-state index contributed by atoms with van der Waals surface area (Å²) >= 11 is 0. The van der Waals surface area contributed by atoms with Crippen molar-refractivity contribution in [2.24, 2.45) is 0 Å². The Labute approximate surface area is 131 Å². The molecular weight excluding hydrogens is 273 g/mol. The van der Waals surface area contributed by atoms with Crippen LogP contribution in [-0.2, 0) is 6.54 Å². The highest BCUT2D eigenvalue weighted by molar-refractivity contribution is 5.53. The third-order valence-electron chi connectivity index (χ3n) is 3.93. The lowest BCUT2D eigenvalue weighted by Gasteiger charge is -2.26. The molecule has 0 spiro atoms. The molecule has 1 heterocycles. The average Bonchev–Trinajstić information content (AvgIpc) is 2.56. The first-order valence-electron chi connectivity index (χ1n) is 7.68. The van der Waals surface area contributed by atoms with Gasteiger partial charge in [0.15, 0.2) is 0 Å². The van der Waals surface area contributed by atoms with Crippen molar-refractivity contribution in [2.45, 2.75) is 13.0 Å². The summed E-state index contributed by atoms with van der Waals surface area (Å²) in [6.45, 7) is 2.12. The largest absolute Gasteiger partial charge is 0.292 e. The zero-order valence-electron chi connectivity index (χ0n) is 12.6. The van der Waals surface area contributed by atoms with Gasteiger partial charge >= 0.3 is 0 Å². The van der Waals surface area contributed by atoms with Gasteiger partial charge in [-0.15, -0.1) is 0 Å². The van der Waals surface area contributed by atoms with E-state index in [0.717, 1.165) is 30.6 Å². The van der Waals surface area contributed by atoms with Crippen molar-refractivity contribution in [3.05, 3.63) is 89.3 Å². The monoisotopic (exact) mass is 293 g/mol. The maximum atomic E-state index is 14.3. The minimum absolute atomic E-state index is 0.00522. The molecule has 0 N–H and O–H groups in total. The summed E-state index contributed by atoms with van der Waals surface area (Å²) in [6, 6.07) is 20.3. The highest BCUT2D eigenvalue weighted by Gasteiger charge is 2.17. The lowest BCUT2D eigenvalue weighted by Crippen LogP contribution is -2.30. The summed E-state index contributed by atoms with van der Waals surface area (Å²) in [5.41, 5.74) is 3.17. The standard InChI is InChI=1S/C20H20FN/c21-20-16-22(15-18-9-5-2-6-10-18)14-13-19(20)12-11-17-7-3-1-4-8-17/h1-12H,13-16H2. The molecule has 0 amide bonds. The lowest BCUT2D eigenvalue weighted by molar-refractivity contribution is 0.255. The maximum Gasteiger partial charge on any atom is 0.117 e. The molecule has 1 aliphatic rings. The zero-order chi connectivity index (χ0) is 15.2. The molecule has 2 aromatic carbocycles. The number of hydrogen-bond acceptors (Lipinski definition) is 1. The van der Waals surface area contributed by atoms with Gasteiger partial charge in [-0.2, -0.15) is 0 Å². The van der Waals surface area contributed by atoms with Crippen molar-refractivity contribution >= 4 is 6.08 Å². The molecule has 112 valence electrons. The fourth-order valence-corrected chi connectivity index (χ4v) is 2.70. The fraction of sp³-hybridized carbons (Fsp3) is 0.200. The van der Waals surface area contributed by atoms with Crippen molar-refractivity contribution in [3.8, 4) is 0 Å². The molecule has 2 heteroatoms. The summed E-state index contributed by atoms with van der Waals surface area (Å²) in [4.78, 5) is 2.16. The third kappa shape index (κ3) is 3.92. The van der Waals surface area contributed by atoms with Gasteiger partial charge in [0, 0.05) is 13.1 Å². The van der Waals surface area contributed by atoms with Crippen LogP contribution in [0, 0.1) is 0 Å². The summed E-state index contributed by atoms with van der Waals surface area (Å²) < 4.78 is 14.3. The molecule has 0 saturated heterocycles. The highest BCUT2D eigenvalue weighted by Crippen LogP contribution is 2.22. The van der Waals surface area contributed by atoms with Gasteiger partial charge in [-0.3, -0.25) is 4.90 Å². The first-order chi connectivity index (χ1) is 10.8. The minimum atomic E-state index is -0.00522. The van der Waals surface area contributed by atoms with Crippen LogP contribution in [0.25, 0.3) is 6.08 Å². The van der Waals surface area contributed by atoms with Crippen molar-refractivity contribution in [2.75, 3.05) is 13.1 Å². The molecule has 0 fully saturated rings. The predicted molar refractivity (Wildman–Crippen MR) is 89.9 cm³/mol. The number of rotatable bonds is 4. The third-order valence-corrected chi connectivity index (χ3v) is 3.93. The molecule has 1 nitrogen and oxygen atoms in total. The van der Waals surface area contributed by atoms with Gasteiger partial charge in [0.25, 0.3) is 0 Å². The maximum absolute atomic E-state index is 14.3. The Kier molecular flexibility index (Phi) is 4.81. The van der Waals surface area contributed by atoms with E-state index in [1.165, 1.54) is 5.56 Å². The molecular formula is C20H20FN. The van der Waals surface area contributed by atoms with Gasteiger partial charge in [-0.1, -0.05) is 72.8 Å². The molecule has 0 bridgehead atoms. The van der Waals surface area contributed by atoms with E-state index < -0.39 is 0 Å². The van der Waals surface area contributed by atoms with Crippen LogP contribution in [0.2, 0.25) is 0 Å². The molecule has 0 unspecified atom stereocenters. The Morgan fingerprint density at radius 3 is 2.27 bits per heavy atom. The van der Waals surface area contributed by atoms with Gasteiger partial charge in [-0.05, 0) is 23.1 Å². The first-order valence-corrected chi connectivity index (χ1v) is 7.68. The average molecular weight is 293 g/mol. The molecule has 0 atom stereocenters. The van der Waals surface area contributed by atoms with E-state index in [1.807, 2.05) is 60.7 Å². The van der Waals surface area contributed by atoms with Gasteiger partial charge in [0.05, 0.1) is 6.54 Å². The van der Waals surface area contributed by atoms with Crippen LogP contribution < -0.4 is 0 Å². The molecule has 22 heavy (non-hydrogen) atoms. The van der Waals surface area contributed by atoms with Gasteiger partial charge in [-0.25, -0.2) is 4.39 Å². The van der Waals surface area contributed by atoms with Crippen molar-refractivity contribution in [3.63, 3.8) is 0 Å². The second kappa shape index (κ2) is 7.19. The quantitative estimate of drug-likeness (QED) is 0.780. The Hall–Kier alpha value is -2.19.